The Balaban J connectivity index is 1.78. The van der Waals surface area contributed by atoms with Gasteiger partial charge in [0, 0.05) is 11.8 Å². The second kappa shape index (κ2) is 6.67. The number of hydrogen-bond donors (Lipinski definition) is 2. The number of carbonyl (C=O) groups excluding carboxylic acids is 1. The number of rotatable bonds is 4. The fourth-order valence-corrected chi connectivity index (χ4v) is 3.70. The zero-order valence-corrected chi connectivity index (χ0v) is 11.4. The lowest BCUT2D eigenvalue weighted by Gasteiger charge is -2.32. The number of nitrogens with two attached hydrogens (primary N) is 2. The van der Waals surface area contributed by atoms with E-state index in [4.69, 9.17) is 11.5 Å². The van der Waals surface area contributed by atoms with Crippen molar-refractivity contribution in [3.8, 4) is 0 Å². The molecule has 0 aromatic heterocycles. The standard InChI is InChI=1S/C15H28N2O/c16-9-11-1-5-13(6-2-11)15(18)14-7-3-12(10-17)4-8-14/h11-14H,1-10,16-17H2. The summed E-state index contributed by atoms with van der Waals surface area (Å²) in [5.41, 5.74) is 11.4. The Morgan fingerprint density at radius 2 is 1.06 bits per heavy atom. The maximum Gasteiger partial charge on any atom is 0.139 e. The van der Waals surface area contributed by atoms with Gasteiger partial charge in [-0.1, -0.05) is 0 Å². The van der Waals surface area contributed by atoms with Crippen LogP contribution in [0.15, 0.2) is 0 Å². The second-order valence-corrected chi connectivity index (χ2v) is 6.31. The molecule has 3 heteroatoms. The Kier molecular flexibility index (Phi) is 5.19. The summed E-state index contributed by atoms with van der Waals surface area (Å²) in [5, 5.41) is 0. The molecule has 2 rings (SSSR count). The van der Waals surface area contributed by atoms with Gasteiger partial charge in [-0.25, -0.2) is 0 Å². The number of carbonyl (C=O) groups is 1. The largest absolute Gasteiger partial charge is 0.330 e. The van der Waals surface area contributed by atoms with Gasteiger partial charge in [0.1, 0.15) is 5.78 Å². The van der Waals surface area contributed by atoms with Gasteiger partial charge in [-0.15, -0.1) is 0 Å². The van der Waals surface area contributed by atoms with Crippen LogP contribution in [0, 0.1) is 23.7 Å². The Hall–Kier alpha value is -0.410. The molecule has 2 aliphatic rings. The fourth-order valence-electron chi connectivity index (χ4n) is 3.70. The molecule has 0 atom stereocenters. The highest BCUT2D eigenvalue weighted by molar-refractivity contribution is 5.83. The maximum atomic E-state index is 12.5. The summed E-state index contributed by atoms with van der Waals surface area (Å²) in [4.78, 5) is 12.5. The molecule has 0 unspecified atom stereocenters. The van der Waals surface area contributed by atoms with E-state index in [1.807, 2.05) is 0 Å². The van der Waals surface area contributed by atoms with Gasteiger partial charge in [-0.2, -0.15) is 0 Å². The van der Waals surface area contributed by atoms with E-state index in [-0.39, 0.29) is 0 Å². The summed E-state index contributed by atoms with van der Waals surface area (Å²) in [6.07, 6.45) is 8.95. The molecule has 0 radical (unpaired) electrons. The van der Waals surface area contributed by atoms with Crippen LogP contribution in [0.3, 0.4) is 0 Å². The number of ketones is 1. The van der Waals surface area contributed by atoms with Crippen molar-refractivity contribution in [1.29, 1.82) is 0 Å². The third kappa shape index (κ3) is 3.33. The average molecular weight is 252 g/mol. The highest BCUT2D eigenvalue weighted by Gasteiger charge is 2.32. The minimum absolute atomic E-state index is 0.340. The molecule has 0 heterocycles. The van der Waals surface area contributed by atoms with Crippen LogP contribution < -0.4 is 11.5 Å². The van der Waals surface area contributed by atoms with Crippen molar-refractivity contribution in [2.75, 3.05) is 13.1 Å². The van der Waals surface area contributed by atoms with Crippen LogP contribution in [0.1, 0.15) is 51.4 Å². The first kappa shape index (κ1) is 14.0. The summed E-state index contributed by atoms with van der Waals surface area (Å²) in [5.74, 6) is 2.57. The predicted molar refractivity (Wildman–Crippen MR) is 74.0 cm³/mol. The molecule has 3 nitrogen and oxygen atoms in total. The van der Waals surface area contributed by atoms with Crippen molar-refractivity contribution in [2.45, 2.75) is 51.4 Å². The van der Waals surface area contributed by atoms with Gasteiger partial charge >= 0.3 is 0 Å². The van der Waals surface area contributed by atoms with Crippen molar-refractivity contribution in [3.05, 3.63) is 0 Å². The summed E-state index contributed by atoms with van der Waals surface area (Å²) in [7, 11) is 0. The Bertz CT molecular complexity index is 238. The lowest BCUT2D eigenvalue weighted by molar-refractivity contribution is -0.129. The first-order valence-corrected chi connectivity index (χ1v) is 7.68. The van der Waals surface area contributed by atoms with Gasteiger partial charge in [-0.3, -0.25) is 4.79 Å². The molecular formula is C15H28N2O. The zero-order valence-electron chi connectivity index (χ0n) is 11.4. The van der Waals surface area contributed by atoms with Crippen molar-refractivity contribution in [1.82, 2.24) is 0 Å². The van der Waals surface area contributed by atoms with E-state index in [0.717, 1.165) is 64.5 Å². The fraction of sp³-hybridized carbons (Fsp3) is 0.933. The molecule has 2 saturated carbocycles. The van der Waals surface area contributed by atoms with E-state index >= 15 is 0 Å². The highest BCUT2D eigenvalue weighted by atomic mass is 16.1. The maximum absolute atomic E-state index is 12.5. The minimum atomic E-state index is 0.340. The molecule has 0 amide bonds. The van der Waals surface area contributed by atoms with Crippen LogP contribution in [0.5, 0.6) is 0 Å². The predicted octanol–water partition coefficient (Wildman–Crippen LogP) is 2.09. The Morgan fingerprint density at radius 1 is 0.722 bits per heavy atom. The van der Waals surface area contributed by atoms with Crippen molar-refractivity contribution in [3.63, 3.8) is 0 Å². The smallest absolute Gasteiger partial charge is 0.139 e. The molecule has 104 valence electrons. The molecule has 0 bridgehead atoms. The van der Waals surface area contributed by atoms with Crippen molar-refractivity contribution < 1.29 is 4.79 Å². The third-order valence-electron chi connectivity index (χ3n) is 5.16. The summed E-state index contributed by atoms with van der Waals surface area (Å²) < 4.78 is 0. The van der Waals surface area contributed by atoms with Gasteiger partial charge in [0.2, 0.25) is 0 Å². The summed E-state index contributed by atoms with van der Waals surface area (Å²) >= 11 is 0. The molecule has 0 aromatic rings. The first-order valence-electron chi connectivity index (χ1n) is 7.68. The zero-order chi connectivity index (χ0) is 13.0. The topological polar surface area (TPSA) is 69.1 Å². The molecular weight excluding hydrogens is 224 g/mol. The summed E-state index contributed by atoms with van der Waals surface area (Å²) in [6.45, 7) is 1.59. The lowest BCUT2D eigenvalue weighted by Crippen LogP contribution is -2.32. The number of hydrogen-bond acceptors (Lipinski definition) is 3. The van der Waals surface area contributed by atoms with Gasteiger partial charge < -0.3 is 11.5 Å². The van der Waals surface area contributed by atoms with E-state index in [1.165, 1.54) is 0 Å². The molecule has 4 N–H and O–H groups in total. The molecule has 0 saturated heterocycles. The highest BCUT2D eigenvalue weighted by Crippen LogP contribution is 2.35. The van der Waals surface area contributed by atoms with Crippen molar-refractivity contribution in [2.24, 2.45) is 35.1 Å². The molecule has 2 aliphatic carbocycles. The van der Waals surface area contributed by atoms with Crippen molar-refractivity contribution >= 4 is 5.78 Å². The minimum Gasteiger partial charge on any atom is -0.330 e. The van der Waals surface area contributed by atoms with Gasteiger partial charge in [0.15, 0.2) is 0 Å². The Labute approximate surface area is 111 Å². The lowest BCUT2D eigenvalue weighted by atomic mass is 9.72. The van der Waals surface area contributed by atoms with Gasteiger partial charge in [-0.05, 0) is 76.3 Å². The number of Topliss-reactive ketones (excluding diaryl/α,β-unsaturated/α-hetero) is 1. The van der Waals surface area contributed by atoms with E-state index in [2.05, 4.69) is 0 Å². The van der Waals surface area contributed by atoms with E-state index in [9.17, 15) is 4.79 Å². The molecule has 18 heavy (non-hydrogen) atoms. The average Bonchev–Trinajstić information content (AvgIpc) is 2.47. The van der Waals surface area contributed by atoms with Crippen LogP contribution in [0.2, 0.25) is 0 Å². The van der Waals surface area contributed by atoms with E-state index in [1.54, 1.807) is 0 Å². The first-order chi connectivity index (χ1) is 8.74. The van der Waals surface area contributed by atoms with Gasteiger partial charge in [0.25, 0.3) is 0 Å². The molecule has 0 aromatic carbocycles. The molecule has 2 fully saturated rings. The van der Waals surface area contributed by atoms with Gasteiger partial charge in [0.05, 0.1) is 0 Å². The van der Waals surface area contributed by atoms with Crippen LogP contribution in [-0.4, -0.2) is 18.9 Å². The van der Waals surface area contributed by atoms with Crippen LogP contribution in [0.4, 0.5) is 0 Å². The summed E-state index contributed by atoms with van der Waals surface area (Å²) in [6, 6.07) is 0. The molecule has 0 spiro atoms. The SMILES string of the molecule is NCC1CCC(C(=O)C2CCC(CN)CC2)CC1. The molecule has 0 aliphatic heterocycles. The van der Waals surface area contributed by atoms with Crippen LogP contribution in [0.25, 0.3) is 0 Å². The second-order valence-electron chi connectivity index (χ2n) is 6.31. The van der Waals surface area contributed by atoms with Crippen LogP contribution >= 0.6 is 0 Å². The quantitative estimate of drug-likeness (QED) is 0.805. The normalized spacial score (nSPS) is 37.4. The Morgan fingerprint density at radius 3 is 1.33 bits per heavy atom. The third-order valence-corrected chi connectivity index (χ3v) is 5.16. The monoisotopic (exact) mass is 252 g/mol. The van der Waals surface area contributed by atoms with E-state index < -0.39 is 0 Å². The van der Waals surface area contributed by atoms with E-state index in [0.29, 0.717) is 29.5 Å². The van der Waals surface area contributed by atoms with Crippen LogP contribution in [-0.2, 0) is 4.79 Å².